The number of halogens is 1. The number of carbonyl (C=O) groups is 1. The van der Waals surface area contributed by atoms with Gasteiger partial charge in [0.2, 0.25) is 5.91 Å². The second-order valence-corrected chi connectivity index (χ2v) is 9.21. The van der Waals surface area contributed by atoms with Crippen LogP contribution in [0.2, 0.25) is 0 Å². The van der Waals surface area contributed by atoms with Crippen LogP contribution in [0.3, 0.4) is 0 Å². The van der Waals surface area contributed by atoms with Gasteiger partial charge < -0.3 is 14.4 Å². The van der Waals surface area contributed by atoms with Crippen LogP contribution in [0.5, 0.6) is 0 Å². The first-order valence-electron chi connectivity index (χ1n) is 11.7. The minimum Gasteiger partial charge on any atom is -0.350 e. The Morgan fingerprint density at radius 3 is 2.31 bits per heavy atom. The number of hydrogen-bond donors (Lipinski definition) is 0. The highest BCUT2D eigenvalue weighted by atomic mass is 19.1. The minimum absolute atomic E-state index is 0.0588. The van der Waals surface area contributed by atoms with E-state index in [0.717, 1.165) is 45.6 Å². The second-order valence-electron chi connectivity index (χ2n) is 9.21. The summed E-state index contributed by atoms with van der Waals surface area (Å²) in [7, 11) is 0. The van der Waals surface area contributed by atoms with E-state index in [1.165, 1.54) is 23.3 Å². The predicted molar refractivity (Wildman–Crippen MR) is 119 cm³/mol. The molecule has 3 aliphatic rings. The zero-order valence-corrected chi connectivity index (χ0v) is 18.4. The molecule has 5 rings (SSSR count). The van der Waals surface area contributed by atoms with E-state index in [0.29, 0.717) is 19.1 Å². The van der Waals surface area contributed by atoms with Crippen LogP contribution in [-0.4, -0.2) is 61.4 Å². The van der Waals surface area contributed by atoms with Gasteiger partial charge in [0.15, 0.2) is 6.29 Å². The standard InChI is InChI=1S/C26H31FN2O3/c27-22-8-6-20(7-9-22)21-10-12-29(13-11-21)25(30)23-17-28(16-19-4-2-1-3-5-19)18-24(23)26-31-14-15-32-26/h1-9,21,23-24,26H,10-18H2. The third-order valence-electron chi connectivity index (χ3n) is 7.15. The maximum atomic E-state index is 13.6. The average molecular weight is 439 g/mol. The van der Waals surface area contributed by atoms with E-state index in [2.05, 4.69) is 29.2 Å². The summed E-state index contributed by atoms with van der Waals surface area (Å²) in [6.45, 7) is 5.07. The second kappa shape index (κ2) is 9.69. The van der Waals surface area contributed by atoms with Gasteiger partial charge in [0.05, 0.1) is 19.1 Å². The summed E-state index contributed by atoms with van der Waals surface area (Å²) in [5.74, 6) is 0.357. The van der Waals surface area contributed by atoms with Crippen molar-refractivity contribution in [2.45, 2.75) is 31.6 Å². The molecule has 32 heavy (non-hydrogen) atoms. The number of benzene rings is 2. The van der Waals surface area contributed by atoms with Crippen LogP contribution in [0.1, 0.15) is 29.9 Å². The Morgan fingerprint density at radius 1 is 0.938 bits per heavy atom. The molecular formula is C26H31FN2O3. The number of hydrogen-bond acceptors (Lipinski definition) is 4. The first kappa shape index (κ1) is 21.6. The molecule has 3 aliphatic heterocycles. The summed E-state index contributed by atoms with van der Waals surface area (Å²) < 4.78 is 24.9. The molecule has 2 unspecified atom stereocenters. The maximum Gasteiger partial charge on any atom is 0.227 e. The van der Waals surface area contributed by atoms with Crippen LogP contribution in [0.25, 0.3) is 0 Å². The van der Waals surface area contributed by atoms with E-state index < -0.39 is 0 Å². The number of amides is 1. The summed E-state index contributed by atoms with van der Waals surface area (Å²) in [6, 6.07) is 17.2. The highest BCUT2D eigenvalue weighted by molar-refractivity contribution is 5.80. The Kier molecular flexibility index (Phi) is 6.53. The van der Waals surface area contributed by atoms with E-state index in [9.17, 15) is 9.18 Å². The van der Waals surface area contributed by atoms with Crippen LogP contribution in [0, 0.1) is 17.7 Å². The highest BCUT2D eigenvalue weighted by Crippen LogP contribution is 2.35. The quantitative estimate of drug-likeness (QED) is 0.715. The monoisotopic (exact) mass is 438 g/mol. The molecule has 0 N–H and O–H groups in total. The lowest BCUT2D eigenvalue weighted by Crippen LogP contribution is -2.45. The van der Waals surface area contributed by atoms with Crippen molar-refractivity contribution >= 4 is 5.91 Å². The summed E-state index contributed by atoms with van der Waals surface area (Å²) in [5.41, 5.74) is 2.42. The first-order valence-corrected chi connectivity index (χ1v) is 11.7. The lowest BCUT2D eigenvalue weighted by atomic mass is 9.88. The Balaban J connectivity index is 1.24. The van der Waals surface area contributed by atoms with Crippen LogP contribution in [0.4, 0.5) is 4.39 Å². The van der Waals surface area contributed by atoms with Crippen molar-refractivity contribution in [1.82, 2.24) is 9.80 Å². The summed E-state index contributed by atoms with van der Waals surface area (Å²) in [6.07, 6.45) is 1.54. The van der Waals surface area contributed by atoms with Gasteiger partial charge in [-0.2, -0.15) is 0 Å². The maximum absolute atomic E-state index is 13.6. The molecule has 0 aliphatic carbocycles. The molecule has 2 atom stereocenters. The molecule has 0 saturated carbocycles. The molecule has 3 heterocycles. The molecule has 3 saturated heterocycles. The largest absolute Gasteiger partial charge is 0.350 e. The Labute approximate surface area is 189 Å². The van der Waals surface area contributed by atoms with Gasteiger partial charge in [0.1, 0.15) is 5.82 Å². The van der Waals surface area contributed by atoms with Crippen molar-refractivity contribution in [2.24, 2.45) is 11.8 Å². The van der Waals surface area contributed by atoms with Crippen molar-refractivity contribution in [1.29, 1.82) is 0 Å². The van der Waals surface area contributed by atoms with Crippen molar-refractivity contribution in [3.63, 3.8) is 0 Å². The van der Waals surface area contributed by atoms with Gasteiger partial charge in [-0.25, -0.2) is 4.39 Å². The fourth-order valence-corrected chi connectivity index (χ4v) is 5.45. The highest BCUT2D eigenvalue weighted by Gasteiger charge is 2.45. The molecule has 0 aromatic heterocycles. The normalized spacial score (nSPS) is 25.5. The van der Waals surface area contributed by atoms with E-state index in [4.69, 9.17) is 9.47 Å². The molecule has 5 nitrogen and oxygen atoms in total. The van der Waals surface area contributed by atoms with E-state index >= 15 is 0 Å². The van der Waals surface area contributed by atoms with Gasteiger partial charge in [-0.05, 0) is 42.0 Å². The molecule has 1 amide bonds. The van der Waals surface area contributed by atoms with Gasteiger partial charge >= 0.3 is 0 Å². The number of piperidine rings is 1. The number of nitrogens with zero attached hydrogens (tertiary/aromatic N) is 2. The van der Waals surface area contributed by atoms with Crippen molar-refractivity contribution in [3.8, 4) is 0 Å². The molecule has 0 bridgehead atoms. The van der Waals surface area contributed by atoms with Gasteiger partial charge in [-0.1, -0.05) is 42.5 Å². The number of ether oxygens (including phenoxy) is 2. The van der Waals surface area contributed by atoms with Gasteiger partial charge in [-0.3, -0.25) is 9.69 Å². The number of rotatable bonds is 5. The minimum atomic E-state index is -0.290. The zero-order chi connectivity index (χ0) is 21.9. The van der Waals surface area contributed by atoms with Crippen LogP contribution >= 0.6 is 0 Å². The summed E-state index contributed by atoms with van der Waals surface area (Å²) in [4.78, 5) is 18.0. The number of likely N-dealkylation sites (tertiary alicyclic amines) is 2. The predicted octanol–water partition coefficient (Wildman–Crippen LogP) is 3.65. The van der Waals surface area contributed by atoms with E-state index in [1.54, 1.807) is 0 Å². The Bertz CT molecular complexity index is 893. The van der Waals surface area contributed by atoms with E-state index in [1.807, 2.05) is 23.1 Å². The smallest absolute Gasteiger partial charge is 0.227 e. The fraction of sp³-hybridized carbons (Fsp3) is 0.500. The third kappa shape index (κ3) is 4.72. The summed E-state index contributed by atoms with van der Waals surface area (Å²) in [5, 5.41) is 0. The van der Waals surface area contributed by atoms with Crippen molar-refractivity contribution in [3.05, 3.63) is 71.5 Å². The molecule has 0 radical (unpaired) electrons. The third-order valence-corrected chi connectivity index (χ3v) is 7.15. The van der Waals surface area contributed by atoms with E-state index in [-0.39, 0.29) is 29.9 Å². The van der Waals surface area contributed by atoms with Crippen LogP contribution < -0.4 is 0 Å². The lowest BCUT2D eigenvalue weighted by molar-refractivity contribution is -0.144. The molecule has 2 aromatic carbocycles. The Hall–Kier alpha value is -2.28. The van der Waals surface area contributed by atoms with Crippen molar-refractivity contribution < 1.29 is 18.7 Å². The molecule has 6 heteroatoms. The topological polar surface area (TPSA) is 42.0 Å². The SMILES string of the molecule is O=C(C1CN(Cc2ccccc2)CC1C1OCCO1)N1CCC(c2ccc(F)cc2)CC1. The van der Waals surface area contributed by atoms with Crippen LogP contribution in [-0.2, 0) is 20.8 Å². The van der Waals surface area contributed by atoms with Gasteiger partial charge in [-0.15, -0.1) is 0 Å². The molecule has 170 valence electrons. The first-order chi connectivity index (χ1) is 15.7. The van der Waals surface area contributed by atoms with Crippen LogP contribution in [0.15, 0.2) is 54.6 Å². The number of carbonyl (C=O) groups excluding carboxylic acids is 1. The fourth-order valence-electron chi connectivity index (χ4n) is 5.45. The Morgan fingerprint density at radius 2 is 1.62 bits per heavy atom. The summed E-state index contributed by atoms with van der Waals surface area (Å²) >= 11 is 0. The molecular weight excluding hydrogens is 407 g/mol. The van der Waals surface area contributed by atoms with Gasteiger partial charge in [0.25, 0.3) is 0 Å². The zero-order valence-electron chi connectivity index (χ0n) is 18.4. The molecule has 3 fully saturated rings. The molecule has 0 spiro atoms. The lowest BCUT2D eigenvalue weighted by Gasteiger charge is -2.35. The average Bonchev–Trinajstić information content (AvgIpc) is 3.50. The molecule has 2 aromatic rings. The van der Waals surface area contributed by atoms with Crippen molar-refractivity contribution in [2.75, 3.05) is 39.4 Å². The van der Waals surface area contributed by atoms with Gasteiger partial charge in [0, 0.05) is 38.6 Å².